The van der Waals surface area contributed by atoms with Crippen molar-refractivity contribution < 1.29 is 0 Å². The van der Waals surface area contributed by atoms with Crippen molar-refractivity contribution in [1.29, 1.82) is 0 Å². The molecule has 0 spiro atoms. The van der Waals surface area contributed by atoms with Gasteiger partial charge in [0, 0.05) is 26.0 Å². The normalized spacial score (nSPS) is 11.5. The van der Waals surface area contributed by atoms with E-state index in [-0.39, 0.29) is 24.0 Å². The molecule has 5 nitrogen and oxygen atoms in total. The summed E-state index contributed by atoms with van der Waals surface area (Å²) in [6.45, 7) is 11.7. The van der Waals surface area contributed by atoms with E-state index >= 15 is 0 Å². The van der Waals surface area contributed by atoms with Crippen LogP contribution >= 0.6 is 35.3 Å². The zero-order valence-electron chi connectivity index (χ0n) is 15.1. The van der Waals surface area contributed by atoms with Crippen LogP contribution in [0.4, 0.5) is 0 Å². The van der Waals surface area contributed by atoms with Gasteiger partial charge in [-0.3, -0.25) is 4.99 Å². The quantitative estimate of drug-likeness (QED) is 0.270. The first-order valence-electron chi connectivity index (χ1n) is 8.15. The van der Waals surface area contributed by atoms with E-state index in [1.807, 2.05) is 14.0 Å². The van der Waals surface area contributed by atoms with Crippen molar-refractivity contribution in [3.63, 3.8) is 0 Å². The van der Waals surface area contributed by atoms with E-state index in [0.29, 0.717) is 0 Å². The minimum Gasteiger partial charge on any atom is -0.356 e. The molecule has 0 unspecified atom stereocenters. The number of aromatic nitrogens is 1. The Morgan fingerprint density at radius 2 is 2.00 bits per heavy atom. The third kappa shape index (κ3) is 8.85. The minimum absolute atomic E-state index is 0. The van der Waals surface area contributed by atoms with Gasteiger partial charge in [0.2, 0.25) is 0 Å². The van der Waals surface area contributed by atoms with Gasteiger partial charge in [-0.05, 0) is 39.4 Å². The summed E-state index contributed by atoms with van der Waals surface area (Å²) in [5.74, 6) is 0.938. The number of thiazole rings is 1. The highest BCUT2D eigenvalue weighted by Gasteiger charge is 2.08. The molecule has 0 aliphatic heterocycles. The van der Waals surface area contributed by atoms with Gasteiger partial charge in [0.15, 0.2) is 5.96 Å². The summed E-state index contributed by atoms with van der Waals surface area (Å²) >= 11 is 1.69. The molecule has 0 aliphatic rings. The van der Waals surface area contributed by atoms with E-state index in [2.05, 4.69) is 51.4 Å². The fourth-order valence-corrected chi connectivity index (χ4v) is 2.99. The lowest BCUT2D eigenvalue weighted by Gasteiger charge is -2.22. The molecule has 1 N–H and O–H groups in total. The minimum atomic E-state index is 0. The van der Waals surface area contributed by atoms with Crippen molar-refractivity contribution in [2.24, 2.45) is 4.99 Å². The molecule has 1 aromatic heterocycles. The average molecular weight is 453 g/mol. The summed E-state index contributed by atoms with van der Waals surface area (Å²) in [6.07, 6.45) is 2.39. The SMILES string of the molecule is CCN(CC)CCCCNC(=NC)N(C)Cc1csc(C)n1.I. The molecule has 23 heavy (non-hydrogen) atoms. The molecule has 7 heteroatoms. The number of hydrogen-bond donors (Lipinski definition) is 1. The molecule has 0 bridgehead atoms. The molecule has 0 saturated carbocycles. The van der Waals surface area contributed by atoms with Crippen LogP contribution in [0.3, 0.4) is 0 Å². The van der Waals surface area contributed by atoms with Gasteiger partial charge < -0.3 is 15.1 Å². The lowest BCUT2D eigenvalue weighted by Crippen LogP contribution is -2.39. The standard InChI is InChI=1S/C16H31N5S.HI/c1-6-21(7-2)11-9-8-10-18-16(17-4)20(5)12-15-13-22-14(3)19-15;/h13H,6-12H2,1-5H3,(H,17,18);1H. The largest absolute Gasteiger partial charge is 0.356 e. The van der Waals surface area contributed by atoms with Gasteiger partial charge in [-0.2, -0.15) is 0 Å². The second kappa shape index (κ2) is 12.9. The highest BCUT2D eigenvalue weighted by atomic mass is 127. The van der Waals surface area contributed by atoms with Crippen LogP contribution in [-0.2, 0) is 6.54 Å². The molecule has 0 aromatic carbocycles. The Labute approximate surface area is 162 Å². The van der Waals surface area contributed by atoms with Gasteiger partial charge in [-0.1, -0.05) is 13.8 Å². The van der Waals surface area contributed by atoms with E-state index in [0.717, 1.165) is 42.8 Å². The Bertz CT molecular complexity index is 445. The zero-order chi connectivity index (χ0) is 16.4. The number of hydrogen-bond acceptors (Lipinski definition) is 4. The Morgan fingerprint density at radius 1 is 1.30 bits per heavy atom. The summed E-state index contributed by atoms with van der Waals surface area (Å²) < 4.78 is 0. The molecule has 1 heterocycles. The Morgan fingerprint density at radius 3 is 2.52 bits per heavy atom. The number of halogens is 1. The van der Waals surface area contributed by atoms with E-state index in [4.69, 9.17) is 0 Å². The molecule has 134 valence electrons. The third-order valence-corrected chi connectivity index (χ3v) is 4.54. The number of rotatable bonds is 9. The van der Waals surface area contributed by atoms with Crippen LogP contribution in [0.25, 0.3) is 0 Å². The number of nitrogens with one attached hydrogen (secondary N) is 1. The van der Waals surface area contributed by atoms with Crippen molar-refractivity contribution >= 4 is 41.3 Å². The predicted octanol–water partition coefficient (Wildman–Crippen LogP) is 3.20. The number of aryl methyl sites for hydroxylation is 1. The van der Waals surface area contributed by atoms with E-state index in [1.165, 1.54) is 19.4 Å². The fourth-order valence-electron chi connectivity index (χ4n) is 2.38. The van der Waals surface area contributed by atoms with Crippen molar-refractivity contribution in [2.75, 3.05) is 40.3 Å². The molecule has 0 amide bonds. The van der Waals surface area contributed by atoms with Gasteiger partial charge in [-0.15, -0.1) is 35.3 Å². The Hall–Kier alpha value is -0.410. The van der Waals surface area contributed by atoms with Gasteiger partial charge >= 0.3 is 0 Å². The summed E-state index contributed by atoms with van der Waals surface area (Å²) in [7, 11) is 3.89. The summed E-state index contributed by atoms with van der Waals surface area (Å²) in [4.78, 5) is 13.4. The average Bonchev–Trinajstić information content (AvgIpc) is 2.91. The van der Waals surface area contributed by atoms with E-state index in [9.17, 15) is 0 Å². The number of aliphatic imine (C=N–C) groups is 1. The highest BCUT2D eigenvalue weighted by molar-refractivity contribution is 14.0. The van der Waals surface area contributed by atoms with Crippen molar-refractivity contribution in [3.05, 3.63) is 16.1 Å². The highest BCUT2D eigenvalue weighted by Crippen LogP contribution is 2.09. The molecule has 0 aliphatic carbocycles. The van der Waals surface area contributed by atoms with Gasteiger partial charge in [0.25, 0.3) is 0 Å². The number of nitrogens with zero attached hydrogens (tertiary/aromatic N) is 4. The molecule has 0 atom stereocenters. The first-order valence-corrected chi connectivity index (χ1v) is 9.03. The number of guanidine groups is 1. The topological polar surface area (TPSA) is 43.8 Å². The molecule has 0 radical (unpaired) electrons. The van der Waals surface area contributed by atoms with Gasteiger partial charge in [0.05, 0.1) is 17.2 Å². The smallest absolute Gasteiger partial charge is 0.193 e. The second-order valence-electron chi connectivity index (χ2n) is 5.42. The van der Waals surface area contributed by atoms with Crippen molar-refractivity contribution in [2.45, 2.75) is 40.2 Å². The van der Waals surface area contributed by atoms with Gasteiger partial charge in [0.1, 0.15) is 0 Å². The predicted molar refractivity (Wildman–Crippen MR) is 112 cm³/mol. The lowest BCUT2D eigenvalue weighted by atomic mass is 10.3. The maximum Gasteiger partial charge on any atom is 0.193 e. The lowest BCUT2D eigenvalue weighted by molar-refractivity contribution is 0.297. The van der Waals surface area contributed by atoms with Crippen LogP contribution in [0, 0.1) is 6.92 Å². The van der Waals surface area contributed by atoms with E-state index in [1.54, 1.807) is 11.3 Å². The van der Waals surface area contributed by atoms with Crippen LogP contribution in [0.15, 0.2) is 10.4 Å². The summed E-state index contributed by atoms with van der Waals surface area (Å²) in [5, 5.41) is 6.67. The number of unbranched alkanes of at least 4 members (excludes halogenated alkanes) is 1. The maximum absolute atomic E-state index is 4.50. The van der Waals surface area contributed by atoms with Crippen LogP contribution in [0.1, 0.15) is 37.4 Å². The molecule has 1 aromatic rings. The van der Waals surface area contributed by atoms with Crippen molar-refractivity contribution in [3.8, 4) is 0 Å². The summed E-state index contributed by atoms with van der Waals surface area (Å²) in [6, 6.07) is 0. The molecular weight excluding hydrogens is 421 g/mol. The van der Waals surface area contributed by atoms with E-state index < -0.39 is 0 Å². The summed E-state index contributed by atoms with van der Waals surface area (Å²) in [5.41, 5.74) is 1.11. The molecule has 1 rings (SSSR count). The van der Waals surface area contributed by atoms with Crippen LogP contribution in [0.2, 0.25) is 0 Å². The zero-order valence-corrected chi connectivity index (χ0v) is 18.3. The monoisotopic (exact) mass is 453 g/mol. The van der Waals surface area contributed by atoms with Crippen LogP contribution in [-0.4, -0.2) is 61.0 Å². The van der Waals surface area contributed by atoms with Crippen LogP contribution in [0.5, 0.6) is 0 Å². The Kier molecular flexibility index (Phi) is 12.7. The second-order valence-corrected chi connectivity index (χ2v) is 6.48. The van der Waals surface area contributed by atoms with Gasteiger partial charge in [-0.25, -0.2) is 4.98 Å². The first-order chi connectivity index (χ1) is 10.6. The molecular formula is C16H32IN5S. The third-order valence-electron chi connectivity index (χ3n) is 3.72. The fraction of sp³-hybridized carbons (Fsp3) is 0.750. The van der Waals surface area contributed by atoms with Crippen molar-refractivity contribution in [1.82, 2.24) is 20.1 Å². The van der Waals surface area contributed by atoms with Crippen LogP contribution < -0.4 is 5.32 Å². The molecule has 0 saturated heterocycles. The maximum atomic E-state index is 4.50. The molecule has 0 fully saturated rings. The first kappa shape index (κ1) is 22.6. The Balaban J connectivity index is 0.00000484.